The Labute approximate surface area is 124 Å². The topological polar surface area (TPSA) is 52.6 Å². The Morgan fingerprint density at radius 1 is 1.14 bits per heavy atom. The number of hydrogen-bond donors (Lipinski definition) is 1. The third-order valence-corrected chi connectivity index (χ3v) is 3.83. The molecule has 0 spiro atoms. The van der Waals surface area contributed by atoms with Gasteiger partial charge in [0.1, 0.15) is 5.82 Å². The zero-order valence-electron chi connectivity index (χ0n) is 12.4. The van der Waals surface area contributed by atoms with Gasteiger partial charge in [0.2, 0.25) is 0 Å². The molecule has 1 fully saturated rings. The lowest BCUT2D eigenvalue weighted by Gasteiger charge is -2.24. The number of methoxy groups -OCH3 is 2. The summed E-state index contributed by atoms with van der Waals surface area (Å²) in [6.45, 7) is 1.61. The zero-order valence-corrected chi connectivity index (χ0v) is 12.4. The van der Waals surface area contributed by atoms with Crippen molar-refractivity contribution < 1.29 is 14.2 Å². The van der Waals surface area contributed by atoms with Gasteiger partial charge in [0.05, 0.1) is 14.2 Å². The van der Waals surface area contributed by atoms with Gasteiger partial charge in [-0.25, -0.2) is 4.98 Å². The molecule has 0 bridgehead atoms. The van der Waals surface area contributed by atoms with Crippen LogP contribution in [0.25, 0.3) is 10.8 Å². The highest BCUT2D eigenvalue weighted by Crippen LogP contribution is 2.34. The molecule has 0 amide bonds. The van der Waals surface area contributed by atoms with Crippen molar-refractivity contribution in [2.75, 3.05) is 32.8 Å². The van der Waals surface area contributed by atoms with Crippen molar-refractivity contribution in [1.29, 1.82) is 0 Å². The Morgan fingerprint density at radius 3 is 2.57 bits per heavy atom. The van der Waals surface area contributed by atoms with Gasteiger partial charge in [-0.3, -0.25) is 0 Å². The molecule has 5 nitrogen and oxygen atoms in total. The van der Waals surface area contributed by atoms with Crippen molar-refractivity contribution in [1.82, 2.24) is 4.98 Å². The Bertz CT molecular complexity index is 624. The van der Waals surface area contributed by atoms with E-state index in [9.17, 15) is 0 Å². The molecular weight excluding hydrogens is 268 g/mol. The lowest BCUT2D eigenvalue weighted by molar-refractivity contribution is 0.0904. The summed E-state index contributed by atoms with van der Waals surface area (Å²) in [5.74, 6) is 2.33. The molecule has 2 aromatic rings. The maximum absolute atomic E-state index is 5.39. The van der Waals surface area contributed by atoms with Crippen molar-refractivity contribution in [2.45, 2.75) is 18.9 Å². The van der Waals surface area contributed by atoms with Gasteiger partial charge in [0, 0.05) is 30.8 Å². The number of rotatable bonds is 4. The fourth-order valence-electron chi connectivity index (χ4n) is 2.65. The third-order valence-electron chi connectivity index (χ3n) is 3.83. The normalized spacial score (nSPS) is 15.9. The van der Waals surface area contributed by atoms with Crippen LogP contribution in [0.4, 0.5) is 5.82 Å². The molecule has 1 saturated heterocycles. The largest absolute Gasteiger partial charge is 0.493 e. The number of nitrogens with one attached hydrogen (secondary N) is 1. The standard InChI is InChI=1S/C16H20N2O3/c1-19-14-9-11-3-6-17-16(13(11)10-15(14)20-2)18-12-4-7-21-8-5-12/h3,6,9-10,12H,4-5,7-8H2,1-2H3,(H,17,18). The number of fused-ring (bicyclic) bond motifs is 1. The van der Waals surface area contributed by atoms with Crippen LogP contribution in [0, 0.1) is 0 Å². The first kappa shape index (κ1) is 13.9. The number of pyridine rings is 1. The Kier molecular flexibility index (Phi) is 4.10. The van der Waals surface area contributed by atoms with E-state index >= 15 is 0 Å². The molecular formula is C16H20N2O3. The predicted octanol–water partition coefficient (Wildman–Crippen LogP) is 2.84. The van der Waals surface area contributed by atoms with E-state index < -0.39 is 0 Å². The maximum atomic E-state index is 5.39. The van der Waals surface area contributed by atoms with Crippen LogP contribution < -0.4 is 14.8 Å². The van der Waals surface area contributed by atoms with Gasteiger partial charge in [-0.05, 0) is 36.4 Å². The molecule has 2 heterocycles. The van der Waals surface area contributed by atoms with Crippen LogP contribution in [0.1, 0.15) is 12.8 Å². The van der Waals surface area contributed by atoms with Gasteiger partial charge < -0.3 is 19.5 Å². The molecule has 21 heavy (non-hydrogen) atoms. The van der Waals surface area contributed by atoms with Crippen LogP contribution in [0.5, 0.6) is 11.5 Å². The van der Waals surface area contributed by atoms with E-state index in [-0.39, 0.29) is 0 Å². The molecule has 5 heteroatoms. The van der Waals surface area contributed by atoms with Gasteiger partial charge in [-0.1, -0.05) is 0 Å². The Morgan fingerprint density at radius 2 is 1.86 bits per heavy atom. The second kappa shape index (κ2) is 6.18. The maximum Gasteiger partial charge on any atom is 0.161 e. The van der Waals surface area contributed by atoms with Crippen LogP contribution in [0.3, 0.4) is 0 Å². The van der Waals surface area contributed by atoms with Crippen molar-refractivity contribution in [3.05, 3.63) is 24.4 Å². The average Bonchev–Trinajstić information content (AvgIpc) is 2.55. The highest BCUT2D eigenvalue weighted by Gasteiger charge is 2.16. The molecule has 3 rings (SSSR count). The fraction of sp³-hybridized carbons (Fsp3) is 0.438. The summed E-state index contributed by atoms with van der Waals surface area (Å²) in [4.78, 5) is 4.48. The van der Waals surface area contributed by atoms with E-state index in [1.807, 2.05) is 24.4 Å². The summed E-state index contributed by atoms with van der Waals surface area (Å²) in [6.07, 6.45) is 3.83. The van der Waals surface area contributed by atoms with Gasteiger partial charge in [-0.15, -0.1) is 0 Å². The summed E-state index contributed by atoms with van der Waals surface area (Å²) in [5.41, 5.74) is 0. The van der Waals surface area contributed by atoms with Crippen molar-refractivity contribution in [2.24, 2.45) is 0 Å². The van der Waals surface area contributed by atoms with E-state index in [1.165, 1.54) is 0 Å². The van der Waals surface area contributed by atoms with Crippen LogP contribution in [0.15, 0.2) is 24.4 Å². The number of ether oxygens (including phenoxy) is 3. The van der Waals surface area contributed by atoms with E-state index in [2.05, 4.69) is 10.3 Å². The van der Waals surface area contributed by atoms with Crippen LogP contribution in [-0.4, -0.2) is 38.5 Å². The fourth-order valence-corrected chi connectivity index (χ4v) is 2.65. The average molecular weight is 288 g/mol. The molecule has 0 unspecified atom stereocenters. The van der Waals surface area contributed by atoms with Gasteiger partial charge >= 0.3 is 0 Å². The van der Waals surface area contributed by atoms with Gasteiger partial charge in [-0.2, -0.15) is 0 Å². The van der Waals surface area contributed by atoms with Crippen LogP contribution >= 0.6 is 0 Å². The summed E-state index contributed by atoms with van der Waals surface area (Å²) in [6, 6.07) is 6.34. The molecule has 1 N–H and O–H groups in total. The molecule has 0 radical (unpaired) electrons. The molecule has 0 aliphatic carbocycles. The smallest absolute Gasteiger partial charge is 0.161 e. The van der Waals surface area contributed by atoms with E-state index in [4.69, 9.17) is 14.2 Å². The first-order valence-corrected chi connectivity index (χ1v) is 7.17. The summed E-state index contributed by atoms with van der Waals surface area (Å²) >= 11 is 0. The molecule has 1 aromatic heterocycles. The van der Waals surface area contributed by atoms with E-state index in [0.29, 0.717) is 11.8 Å². The molecule has 1 aromatic carbocycles. The van der Waals surface area contributed by atoms with E-state index in [1.54, 1.807) is 14.2 Å². The van der Waals surface area contributed by atoms with Crippen molar-refractivity contribution >= 4 is 16.6 Å². The summed E-state index contributed by atoms with van der Waals surface area (Å²) in [7, 11) is 3.29. The van der Waals surface area contributed by atoms with Crippen LogP contribution in [0.2, 0.25) is 0 Å². The minimum Gasteiger partial charge on any atom is -0.493 e. The molecule has 0 atom stereocenters. The molecule has 0 saturated carbocycles. The summed E-state index contributed by atoms with van der Waals surface area (Å²) < 4.78 is 16.1. The van der Waals surface area contributed by atoms with Crippen molar-refractivity contribution in [3.8, 4) is 11.5 Å². The Balaban J connectivity index is 1.97. The zero-order chi connectivity index (χ0) is 14.7. The van der Waals surface area contributed by atoms with Gasteiger partial charge in [0.25, 0.3) is 0 Å². The monoisotopic (exact) mass is 288 g/mol. The lowest BCUT2D eigenvalue weighted by atomic mass is 10.1. The van der Waals surface area contributed by atoms with E-state index in [0.717, 1.165) is 48.4 Å². The first-order valence-electron chi connectivity index (χ1n) is 7.17. The highest BCUT2D eigenvalue weighted by atomic mass is 16.5. The third kappa shape index (κ3) is 2.88. The lowest BCUT2D eigenvalue weighted by Crippen LogP contribution is -2.28. The molecule has 1 aliphatic heterocycles. The molecule has 1 aliphatic rings. The minimum absolute atomic E-state index is 0.407. The number of nitrogens with zero attached hydrogens (tertiary/aromatic N) is 1. The quantitative estimate of drug-likeness (QED) is 0.937. The highest BCUT2D eigenvalue weighted by molar-refractivity contribution is 5.94. The Hall–Kier alpha value is -2.01. The number of aromatic nitrogens is 1. The van der Waals surface area contributed by atoms with Gasteiger partial charge in [0.15, 0.2) is 11.5 Å². The number of anilines is 1. The number of hydrogen-bond acceptors (Lipinski definition) is 5. The SMILES string of the molecule is COc1cc2ccnc(NC3CCOCC3)c2cc1OC. The predicted molar refractivity (Wildman–Crippen MR) is 82.3 cm³/mol. The second-order valence-corrected chi connectivity index (χ2v) is 5.12. The second-order valence-electron chi connectivity index (χ2n) is 5.12. The first-order chi connectivity index (χ1) is 10.3. The van der Waals surface area contributed by atoms with Crippen LogP contribution in [-0.2, 0) is 4.74 Å². The summed E-state index contributed by atoms with van der Waals surface area (Å²) in [5, 5.41) is 5.65. The minimum atomic E-state index is 0.407. The number of benzene rings is 1. The molecule has 112 valence electrons. The van der Waals surface area contributed by atoms with Crippen molar-refractivity contribution in [3.63, 3.8) is 0 Å².